The third kappa shape index (κ3) is 4.81. The van der Waals surface area contributed by atoms with Crippen LogP contribution in [0.5, 0.6) is 5.75 Å². The van der Waals surface area contributed by atoms with Crippen molar-refractivity contribution in [3.05, 3.63) is 51.9 Å². The zero-order valence-corrected chi connectivity index (χ0v) is 18.7. The van der Waals surface area contributed by atoms with Crippen LogP contribution in [0.2, 0.25) is 0 Å². The highest BCUT2D eigenvalue weighted by Gasteiger charge is 2.49. The number of ether oxygens (including phenoxy) is 3. The standard InChI is InChI=1S/C24H28O7/c1-7-14(4)23(27)31-24(5,6)22-21(30-20(26)10-13(2)3)16-11-15-8-9-19(25)28-17(15)12-18(16)29-22/h8-12,14,21-22H,7H2,1-6H3/t14-,21+,22-/m0/s1. The van der Waals surface area contributed by atoms with E-state index in [1.807, 2.05) is 6.92 Å². The minimum absolute atomic E-state index is 0.272. The van der Waals surface area contributed by atoms with E-state index in [-0.39, 0.29) is 11.9 Å². The minimum Gasteiger partial charge on any atom is -0.481 e. The van der Waals surface area contributed by atoms with E-state index in [2.05, 4.69) is 0 Å². The van der Waals surface area contributed by atoms with E-state index in [9.17, 15) is 14.4 Å². The molecule has 0 unspecified atom stereocenters. The van der Waals surface area contributed by atoms with Crippen molar-refractivity contribution in [1.29, 1.82) is 0 Å². The number of fused-ring (bicyclic) bond motifs is 2. The molecular formula is C24H28O7. The molecule has 7 nitrogen and oxygen atoms in total. The molecule has 0 bridgehead atoms. The average Bonchev–Trinajstić information content (AvgIpc) is 3.02. The van der Waals surface area contributed by atoms with Gasteiger partial charge < -0.3 is 18.6 Å². The van der Waals surface area contributed by atoms with Gasteiger partial charge in [-0.25, -0.2) is 9.59 Å². The van der Waals surface area contributed by atoms with Crippen molar-refractivity contribution in [3.63, 3.8) is 0 Å². The fourth-order valence-corrected chi connectivity index (χ4v) is 3.41. The Morgan fingerprint density at radius 3 is 2.58 bits per heavy atom. The lowest BCUT2D eigenvalue weighted by Gasteiger charge is -2.34. The van der Waals surface area contributed by atoms with Crippen LogP contribution in [0.1, 0.15) is 59.6 Å². The molecule has 3 rings (SSSR count). The highest BCUT2D eigenvalue weighted by Crippen LogP contribution is 2.45. The van der Waals surface area contributed by atoms with Crippen LogP contribution in [0.4, 0.5) is 0 Å². The summed E-state index contributed by atoms with van der Waals surface area (Å²) in [6, 6.07) is 6.32. The smallest absolute Gasteiger partial charge is 0.336 e. The van der Waals surface area contributed by atoms with Crippen LogP contribution < -0.4 is 10.4 Å². The summed E-state index contributed by atoms with van der Waals surface area (Å²) in [6.07, 6.45) is 0.444. The molecule has 2 heterocycles. The summed E-state index contributed by atoms with van der Waals surface area (Å²) in [5, 5.41) is 0.667. The van der Waals surface area contributed by atoms with Gasteiger partial charge in [0.25, 0.3) is 0 Å². The molecule has 3 atom stereocenters. The van der Waals surface area contributed by atoms with Crippen molar-refractivity contribution in [2.75, 3.05) is 0 Å². The fraction of sp³-hybridized carbons (Fsp3) is 0.458. The molecule has 1 aromatic heterocycles. The van der Waals surface area contributed by atoms with Crippen LogP contribution in [-0.2, 0) is 19.1 Å². The maximum absolute atomic E-state index is 12.5. The second-order valence-electron chi connectivity index (χ2n) is 8.63. The Morgan fingerprint density at radius 2 is 1.94 bits per heavy atom. The summed E-state index contributed by atoms with van der Waals surface area (Å²) in [5.41, 5.74) is 0.202. The number of hydrogen-bond donors (Lipinski definition) is 0. The van der Waals surface area contributed by atoms with Gasteiger partial charge in [-0.3, -0.25) is 4.79 Å². The molecule has 1 aliphatic heterocycles. The first-order chi connectivity index (χ1) is 14.5. The molecule has 7 heteroatoms. The quantitative estimate of drug-likeness (QED) is 0.381. The predicted molar refractivity (Wildman–Crippen MR) is 115 cm³/mol. The lowest BCUT2D eigenvalue weighted by Crippen LogP contribution is -2.47. The molecule has 0 aliphatic carbocycles. The monoisotopic (exact) mass is 428 g/mol. The first kappa shape index (κ1) is 22.6. The Bertz CT molecular complexity index is 1090. The van der Waals surface area contributed by atoms with Gasteiger partial charge in [0, 0.05) is 29.2 Å². The van der Waals surface area contributed by atoms with Crippen molar-refractivity contribution in [1.82, 2.24) is 0 Å². The van der Waals surface area contributed by atoms with Gasteiger partial charge in [0.1, 0.15) is 16.9 Å². The summed E-state index contributed by atoms with van der Waals surface area (Å²) >= 11 is 0. The Hall–Kier alpha value is -3.09. The maximum atomic E-state index is 12.5. The number of benzene rings is 1. The molecule has 0 saturated heterocycles. The zero-order chi connectivity index (χ0) is 22.9. The summed E-state index contributed by atoms with van der Waals surface area (Å²) in [6.45, 7) is 10.8. The summed E-state index contributed by atoms with van der Waals surface area (Å²) in [5.74, 6) is -0.728. The molecule has 166 valence electrons. The fourth-order valence-electron chi connectivity index (χ4n) is 3.41. The molecule has 0 radical (unpaired) electrons. The van der Waals surface area contributed by atoms with Gasteiger partial charge in [-0.15, -0.1) is 0 Å². The van der Waals surface area contributed by atoms with Crippen LogP contribution in [0.25, 0.3) is 11.0 Å². The second-order valence-corrected chi connectivity index (χ2v) is 8.63. The SMILES string of the molecule is CC[C@H](C)C(=O)OC(C)(C)[C@H]1Oc2cc3oc(=O)ccc3cc2[C@H]1OC(=O)C=C(C)C. The van der Waals surface area contributed by atoms with Gasteiger partial charge in [-0.05, 0) is 46.2 Å². The zero-order valence-electron chi connectivity index (χ0n) is 18.7. The number of carbonyl (C=O) groups is 2. The van der Waals surface area contributed by atoms with E-state index in [4.69, 9.17) is 18.6 Å². The Morgan fingerprint density at radius 1 is 1.23 bits per heavy atom. The minimum atomic E-state index is -1.09. The summed E-state index contributed by atoms with van der Waals surface area (Å²) in [4.78, 5) is 36.5. The Kier molecular flexibility index (Phi) is 6.25. The molecular weight excluding hydrogens is 400 g/mol. The third-order valence-corrected chi connectivity index (χ3v) is 5.30. The lowest BCUT2D eigenvalue weighted by atomic mass is 9.93. The molecule has 31 heavy (non-hydrogen) atoms. The molecule has 0 N–H and O–H groups in total. The van der Waals surface area contributed by atoms with Crippen molar-refractivity contribution < 1.29 is 28.2 Å². The van der Waals surface area contributed by atoms with Crippen molar-refractivity contribution in [3.8, 4) is 5.75 Å². The van der Waals surface area contributed by atoms with Crippen LogP contribution in [0.15, 0.2) is 45.1 Å². The number of allylic oxidation sites excluding steroid dienone is 1. The number of carbonyl (C=O) groups excluding carboxylic acids is 2. The first-order valence-corrected chi connectivity index (χ1v) is 10.3. The van der Waals surface area contributed by atoms with Gasteiger partial charge in [-0.2, -0.15) is 0 Å². The molecule has 1 aliphatic rings. The van der Waals surface area contributed by atoms with E-state index in [1.54, 1.807) is 52.8 Å². The van der Waals surface area contributed by atoms with E-state index < -0.39 is 29.4 Å². The van der Waals surface area contributed by atoms with Crippen LogP contribution in [0.3, 0.4) is 0 Å². The van der Waals surface area contributed by atoms with Crippen molar-refractivity contribution in [2.24, 2.45) is 5.92 Å². The van der Waals surface area contributed by atoms with Crippen molar-refractivity contribution >= 4 is 22.9 Å². The van der Waals surface area contributed by atoms with E-state index in [0.717, 1.165) is 5.57 Å². The highest BCUT2D eigenvalue weighted by atomic mass is 16.6. The van der Waals surface area contributed by atoms with Gasteiger partial charge >= 0.3 is 17.6 Å². The summed E-state index contributed by atoms with van der Waals surface area (Å²) < 4.78 is 22.9. The molecule has 0 amide bonds. The molecule has 1 aromatic carbocycles. The highest BCUT2D eigenvalue weighted by molar-refractivity contribution is 5.84. The van der Waals surface area contributed by atoms with Crippen LogP contribution in [-0.4, -0.2) is 23.6 Å². The Balaban J connectivity index is 2.03. The van der Waals surface area contributed by atoms with Gasteiger partial charge in [-0.1, -0.05) is 19.4 Å². The van der Waals surface area contributed by atoms with Crippen LogP contribution in [0, 0.1) is 5.92 Å². The molecule has 0 spiro atoms. The maximum Gasteiger partial charge on any atom is 0.336 e. The van der Waals surface area contributed by atoms with E-state index in [0.29, 0.717) is 28.7 Å². The second kappa shape index (κ2) is 8.57. The number of rotatable bonds is 6. The first-order valence-electron chi connectivity index (χ1n) is 10.3. The van der Waals surface area contributed by atoms with Gasteiger partial charge in [0.2, 0.25) is 0 Å². The van der Waals surface area contributed by atoms with Gasteiger partial charge in [0.05, 0.1) is 5.92 Å². The van der Waals surface area contributed by atoms with Crippen molar-refractivity contribution in [2.45, 2.75) is 65.8 Å². The summed E-state index contributed by atoms with van der Waals surface area (Å²) in [7, 11) is 0. The van der Waals surface area contributed by atoms with E-state index >= 15 is 0 Å². The topological polar surface area (TPSA) is 92.0 Å². The largest absolute Gasteiger partial charge is 0.481 e. The number of hydrogen-bond acceptors (Lipinski definition) is 7. The average molecular weight is 428 g/mol. The van der Waals surface area contributed by atoms with Gasteiger partial charge in [0.15, 0.2) is 12.2 Å². The number of esters is 2. The molecule has 0 saturated carbocycles. The molecule has 2 aromatic rings. The predicted octanol–water partition coefficient (Wildman–Crippen LogP) is 4.47. The normalized spacial score (nSPS) is 18.6. The Labute approximate surface area is 181 Å². The van der Waals surface area contributed by atoms with E-state index in [1.165, 1.54) is 12.1 Å². The van der Waals surface area contributed by atoms with Crippen LogP contribution >= 0.6 is 0 Å². The third-order valence-electron chi connectivity index (χ3n) is 5.30. The lowest BCUT2D eigenvalue weighted by molar-refractivity contribution is -0.179. The molecule has 0 fully saturated rings.